The molecule has 2 aromatic heterocycles. The molecular weight excluding hydrogens is 587 g/mol. The third-order valence-electron chi connectivity index (χ3n) is 9.02. The zero-order valence-corrected chi connectivity index (χ0v) is 25.6. The molecule has 0 N–H and O–H groups in total. The minimum absolute atomic E-state index is 0.137. The molecule has 7 heteroatoms. The molecule has 5 heterocycles. The summed E-state index contributed by atoms with van der Waals surface area (Å²) >= 11 is 3.76. The highest BCUT2D eigenvalue weighted by Crippen LogP contribution is 2.58. The van der Waals surface area contributed by atoms with Crippen LogP contribution in [0.2, 0.25) is 0 Å². The molecular formula is C38H23BN4S2. The van der Waals surface area contributed by atoms with Crippen molar-refractivity contribution in [2.24, 2.45) is 0 Å². The summed E-state index contributed by atoms with van der Waals surface area (Å²) in [5, 5.41) is 1.13. The number of nitrogens with zero attached hydrogens (tertiary/aromatic N) is 4. The number of benzene rings is 5. The van der Waals surface area contributed by atoms with Crippen LogP contribution in [0.4, 0.5) is 34.1 Å². The number of hydrogen-bond acceptors (Lipinski definition) is 6. The largest absolute Gasteiger partial charge is 0.310 e. The third-order valence-corrected chi connectivity index (χ3v) is 11.3. The number of anilines is 6. The average molecular weight is 611 g/mol. The van der Waals surface area contributed by atoms with Gasteiger partial charge < -0.3 is 9.80 Å². The Balaban J connectivity index is 1.34. The molecule has 0 bridgehead atoms. The molecule has 0 unspecified atom stereocenters. The zero-order chi connectivity index (χ0) is 29.5. The Morgan fingerprint density at radius 3 is 2.16 bits per heavy atom. The molecule has 0 spiro atoms. The molecule has 3 aliphatic heterocycles. The molecule has 45 heavy (non-hydrogen) atoms. The third kappa shape index (κ3) is 3.65. The maximum absolute atomic E-state index is 4.91. The van der Waals surface area contributed by atoms with Gasteiger partial charge in [-0.3, -0.25) is 9.97 Å². The van der Waals surface area contributed by atoms with Crippen LogP contribution in [0.5, 0.6) is 0 Å². The van der Waals surface area contributed by atoms with Gasteiger partial charge in [-0.1, -0.05) is 95.7 Å². The predicted octanol–water partition coefficient (Wildman–Crippen LogP) is 8.33. The van der Waals surface area contributed by atoms with Crippen LogP contribution in [-0.4, -0.2) is 16.7 Å². The first-order chi connectivity index (χ1) is 22.3. The Bertz CT molecular complexity index is 2320. The van der Waals surface area contributed by atoms with Crippen LogP contribution in [0.15, 0.2) is 159 Å². The molecule has 7 aromatic rings. The van der Waals surface area contributed by atoms with Crippen molar-refractivity contribution in [2.45, 2.75) is 19.6 Å². The number of pyridine rings is 2. The molecule has 0 amide bonds. The fraction of sp³-hybridized carbons (Fsp3) is 0. The summed E-state index contributed by atoms with van der Waals surface area (Å²) in [6.45, 7) is 0.137. The van der Waals surface area contributed by atoms with Crippen molar-refractivity contribution < 1.29 is 0 Å². The quantitative estimate of drug-likeness (QED) is 0.183. The molecule has 0 saturated heterocycles. The minimum Gasteiger partial charge on any atom is -0.310 e. The highest BCUT2D eigenvalue weighted by molar-refractivity contribution is 8.00. The summed E-state index contributed by atoms with van der Waals surface area (Å²) in [4.78, 5) is 19.3. The van der Waals surface area contributed by atoms with E-state index in [9.17, 15) is 0 Å². The van der Waals surface area contributed by atoms with Gasteiger partial charge in [0.2, 0.25) is 6.71 Å². The molecule has 210 valence electrons. The van der Waals surface area contributed by atoms with Gasteiger partial charge in [-0.05, 0) is 65.5 Å². The fourth-order valence-electron chi connectivity index (χ4n) is 7.20. The van der Waals surface area contributed by atoms with Gasteiger partial charge in [0.05, 0.1) is 33.2 Å². The fourth-order valence-corrected chi connectivity index (χ4v) is 9.57. The Hall–Kier alpha value is -4.98. The smallest absolute Gasteiger partial charge is 0.249 e. The number of fused-ring (bicyclic) bond motifs is 8. The van der Waals surface area contributed by atoms with Crippen molar-refractivity contribution in [1.29, 1.82) is 0 Å². The van der Waals surface area contributed by atoms with E-state index < -0.39 is 0 Å². The average Bonchev–Trinajstić information content (AvgIpc) is 3.10. The van der Waals surface area contributed by atoms with Gasteiger partial charge in [0.25, 0.3) is 0 Å². The lowest BCUT2D eigenvalue weighted by atomic mass is 9.35. The van der Waals surface area contributed by atoms with E-state index in [4.69, 9.17) is 4.98 Å². The lowest BCUT2D eigenvalue weighted by Gasteiger charge is -2.44. The van der Waals surface area contributed by atoms with Crippen LogP contribution in [0.25, 0.3) is 10.9 Å². The normalized spacial score (nSPS) is 13.9. The van der Waals surface area contributed by atoms with Crippen molar-refractivity contribution >= 4 is 91.7 Å². The second-order valence-corrected chi connectivity index (χ2v) is 13.6. The number of rotatable bonds is 2. The minimum atomic E-state index is 0.137. The molecule has 0 saturated carbocycles. The number of hydrogen-bond donors (Lipinski definition) is 0. The van der Waals surface area contributed by atoms with E-state index in [1.807, 2.05) is 48.2 Å². The van der Waals surface area contributed by atoms with E-state index in [0.29, 0.717) is 0 Å². The summed E-state index contributed by atoms with van der Waals surface area (Å²) in [5.74, 6) is 0. The van der Waals surface area contributed by atoms with Crippen molar-refractivity contribution in [1.82, 2.24) is 9.97 Å². The molecule has 0 fully saturated rings. The molecule has 0 atom stereocenters. The standard InChI is InChI=1S/C38H23BN4S2/c1-3-13-28-26(11-1)39-27-12-2-5-16-32(27)44-34-23-31-38(37(35(34)39)42(28)25-18-21-40-22-19-25)45-33-17-6-4-14-29(33)43(31)30-15-7-9-24-10-8-20-41-36(24)30/h1-23H. The van der Waals surface area contributed by atoms with E-state index in [1.54, 1.807) is 0 Å². The van der Waals surface area contributed by atoms with Gasteiger partial charge >= 0.3 is 0 Å². The lowest BCUT2D eigenvalue weighted by molar-refractivity contribution is 1.13. The maximum atomic E-state index is 4.91. The SMILES string of the molecule is c1ccc2c(c1)Sc1cc3c(c4c1B2c1ccccc1N4c1ccncc1)Sc1ccccc1N3c1cccc2cccnc12. The van der Waals surface area contributed by atoms with Crippen molar-refractivity contribution in [3.8, 4) is 0 Å². The summed E-state index contributed by atoms with van der Waals surface area (Å²) in [6, 6.07) is 44.0. The Labute approximate surface area is 269 Å². The van der Waals surface area contributed by atoms with Crippen LogP contribution < -0.4 is 26.2 Å². The van der Waals surface area contributed by atoms with E-state index in [0.717, 1.165) is 22.3 Å². The van der Waals surface area contributed by atoms with Crippen LogP contribution in [-0.2, 0) is 0 Å². The number of para-hydroxylation sites is 3. The molecule has 0 aliphatic carbocycles. The van der Waals surface area contributed by atoms with Gasteiger partial charge in [0.1, 0.15) is 0 Å². The predicted molar refractivity (Wildman–Crippen MR) is 188 cm³/mol. The molecule has 0 radical (unpaired) electrons. The van der Waals surface area contributed by atoms with E-state index in [2.05, 4.69) is 130 Å². The lowest BCUT2D eigenvalue weighted by Crippen LogP contribution is -2.60. The van der Waals surface area contributed by atoms with Crippen LogP contribution in [0, 0.1) is 0 Å². The first-order valence-corrected chi connectivity index (χ1v) is 16.7. The summed E-state index contributed by atoms with van der Waals surface area (Å²) < 4.78 is 0. The Morgan fingerprint density at radius 1 is 0.533 bits per heavy atom. The van der Waals surface area contributed by atoms with E-state index >= 15 is 0 Å². The van der Waals surface area contributed by atoms with Gasteiger partial charge in [0, 0.05) is 50.0 Å². The molecule has 3 aliphatic rings. The Kier molecular flexibility index (Phi) is 5.50. The van der Waals surface area contributed by atoms with Crippen molar-refractivity contribution in [3.63, 3.8) is 0 Å². The van der Waals surface area contributed by atoms with Gasteiger partial charge in [-0.15, -0.1) is 0 Å². The van der Waals surface area contributed by atoms with E-state index in [1.165, 1.54) is 58.7 Å². The zero-order valence-electron chi connectivity index (χ0n) is 24.0. The molecule has 5 aromatic carbocycles. The van der Waals surface area contributed by atoms with Crippen LogP contribution >= 0.6 is 23.5 Å². The topological polar surface area (TPSA) is 32.3 Å². The van der Waals surface area contributed by atoms with Gasteiger partial charge in [0.15, 0.2) is 0 Å². The summed E-state index contributed by atoms with van der Waals surface area (Å²) in [5.41, 5.74) is 12.0. The van der Waals surface area contributed by atoms with Gasteiger partial charge in [-0.2, -0.15) is 0 Å². The number of aromatic nitrogens is 2. The maximum Gasteiger partial charge on any atom is 0.249 e. The van der Waals surface area contributed by atoms with Crippen LogP contribution in [0.1, 0.15) is 0 Å². The van der Waals surface area contributed by atoms with Crippen molar-refractivity contribution in [2.75, 3.05) is 9.80 Å². The summed E-state index contributed by atoms with van der Waals surface area (Å²) in [6.07, 6.45) is 5.69. The van der Waals surface area contributed by atoms with Crippen LogP contribution in [0.3, 0.4) is 0 Å². The molecule has 10 rings (SSSR count). The first-order valence-electron chi connectivity index (χ1n) is 15.0. The van der Waals surface area contributed by atoms with Crippen molar-refractivity contribution in [3.05, 3.63) is 140 Å². The first kappa shape index (κ1) is 25.4. The molecule has 4 nitrogen and oxygen atoms in total. The second kappa shape index (κ2) is 9.76. The van der Waals surface area contributed by atoms with Gasteiger partial charge in [-0.25, -0.2) is 0 Å². The van der Waals surface area contributed by atoms with E-state index in [-0.39, 0.29) is 6.71 Å². The Morgan fingerprint density at radius 2 is 1.27 bits per heavy atom. The monoisotopic (exact) mass is 610 g/mol. The second-order valence-electron chi connectivity index (χ2n) is 11.4. The summed E-state index contributed by atoms with van der Waals surface area (Å²) in [7, 11) is 0. The highest BCUT2D eigenvalue weighted by atomic mass is 32.2. The highest BCUT2D eigenvalue weighted by Gasteiger charge is 2.44.